The van der Waals surface area contributed by atoms with Crippen molar-refractivity contribution in [3.63, 3.8) is 0 Å². The molecule has 0 radical (unpaired) electrons. The molecule has 2 saturated heterocycles. The number of urea groups is 1. The highest BCUT2D eigenvalue weighted by atomic mass is 35.5. The van der Waals surface area contributed by atoms with E-state index in [1.807, 2.05) is 36.1 Å². The number of hydrogen-bond acceptors (Lipinski definition) is 2. The molecule has 2 aromatic carbocycles. The second-order valence-electron chi connectivity index (χ2n) is 6.80. The summed E-state index contributed by atoms with van der Waals surface area (Å²) in [6, 6.07) is 16.3. The molecule has 0 saturated carbocycles. The van der Waals surface area contributed by atoms with Gasteiger partial charge in [-0.2, -0.15) is 0 Å². The zero-order chi connectivity index (χ0) is 18.1. The molecule has 2 heterocycles. The number of benzene rings is 2. The Kier molecular flexibility index (Phi) is 4.70. The summed E-state index contributed by atoms with van der Waals surface area (Å²) < 4.78 is 0. The largest absolute Gasteiger partial charge is 0.322 e. The number of piperazine rings is 1. The van der Waals surface area contributed by atoms with Gasteiger partial charge in [-0.25, -0.2) is 4.79 Å². The summed E-state index contributed by atoms with van der Waals surface area (Å²) in [7, 11) is 0. The molecule has 2 amide bonds. The van der Waals surface area contributed by atoms with E-state index in [4.69, 9.17) is 11.6 Å². The molecule has 2 N–H and O–H groups in total. The Labute approximate surface area is 158 Å². The summed E-state index contributed by atoms with van der Waals surface area (Å²) in [6.07, 6.45) is 4.13. The van der Waals surface area contributed by atoms with Gasteiger partial charge in [-0.05, 0) is 30.2 Å². The van der Waals surface area contributed by atoms with E-state index in [0.717, 1.165) is 13.1 Å². The molecule has 3 atom stereocenters. The van der Waals surface area contributed by atoms with E-state index in [1.165, 1.54) is 11.1 Å². The van der Waals surface area contributed by atoms with Crippen LogP contribution in [0.25, 0.3) is 6.08 Å². The number of carbonyl (C=O) groups is 1. The lowest BCUT2D eigenvalue weighted by molar-refractivity contribution is 0.00201. The van der Waals surface area contributed by atoms with Crippen molar-refractivity contribution in [3.05, 3.63) is 70.8 Å². The third-order valence-electron chi connectivity index (χ3n) is 5.28. The van der Waals surface area contributed by atoms with Crippen molar-refractivity contribution in [3.8, 4) is 0 Å². The molecule has 2 bridgehead atoms. The van der Waals surface area contributed by atoms with E-state index in [1.54, 1.807) is 6.07 Å². The van der Waals surface area contributed by atoms with E-state index in [-0.39, 0.29) is 18.1 Å². The molecule has 2 fully saturated rings. The number of carbonyl (C=O) groups excluding carboxylic acids is 1. The number of halogens is 1. The molecule has 5 heteroatoms. The first-order valence-electron chi connectivity index (χ1n) is 8.96. The number of amides is 2. The number of nitrogens with one attached hydrogen (secondary N) is 2. The molecule has 26 heavy (non-hydrogen) atoms. The first kappa shape index (κ1) is 17.1. The Bertz CT molecular complexity index is 821. The molecule has 0 aromatic heterocycles. The van der Waals surface area contributed by atoms with Gasteiger partial charge in [0.1, 0.15) is 0 Å². The number of anilines is 1. The van der Waals surface area contributed by atoms with Gasteiger partial charge < -0.3 is 15.5 Å². The van der Waals surface area contributed by atoms with Gasteiger partial charge in [0, 0.05) is 19.0 Å². The van der Waals surface area contributed by atoms with E-state index in [9.17, 15) is 4.79 Å². The highest BCUT2D eigenvalue weighted by Gasteiger charge is 2.53. The van der Waals surface area contributed by atoms with E-state index in [2.05, 4.69) is 41.0 Å². The van der Waals surface area contributed by atoms with Gasteiger partial charge in [-0.3, -0.25) is 0 Å². The monoisotopic (exact) mass is 367 g/mol. The molecule has 134 valence electrons. The Balaban J connectivity index is 1.50. The molecule has 4 rings (SSSR count). The maximum atomic E-state index is 12.8. The summed E-state index contributed by atoms with van der Waals surface area (Å²) in [5.41, 5.74) is 3.16. The lowest BCUT2D eigenvalue weighted by Gasteiger charge is -2.59. The minimum Gasteiger partial charge on any atom is -0.315 e. The normalized spacial score (nSPS) is 24.4. The third-order valence-corrected chi connectivity index (χ3v) is 5.61. The summed E-state index contributed by atoms with van der Waals surface area (Å²) in [5, 5.41) is 6.93. The van der Waals surface area contributed by atoms with Crippen LogP contribution in [-0.4, -0.2) is 36.1 Å². The van der Waals surface area contributed by atoms with Crippen molar-refractivity contribution in [1.82, 2.24) is 10.2 Å². The second-order valence-corrected chi connectivity index (χ2v) is 7.21. The average molecular weight is 368 g/mol. The number of fused-ring (bicyclic) bond motifs is 2. The Morgan fingerprint density at radius 3 is 2.50 bits per heavy atom. The lowest BCUT2D eigenvalue weighted by atomic mass is 9.72. The summed E-state index contributed by atoms with van der Waals surface area (Å²) in [4.78, 5) is 14.8. The molecule has 0 aliphatic carbocycles. The van der Waals surface area contributed by atoms with Crippen LogP contribution in [0.1, 0.15) is 24.0 Å². The molecule has 2 aliphatic heterocycles. The molecule has 2 aromatic rings. The van der Waals surface area contributed by atoms with Crippen LogP contribution in [0.4, 0.5) is 10.5 Å². The van der Waals surface area contributed by atoms with E-state index >= 15 is 0 Å². The Morgan fingerprint density at radius 1 is 1.15 bits per heavy atom. The van der Waals surface area contributed by atoms with Gasteiger partial charge in [0.05, 0.1) is 22.8 Å². The first-order valence-corrected chi connectivity index (χ1v) is 9.34. The maximum Gasteiger partial charge on any atom is 0.322 e. The van der Waals surface area contributed by atoms with Gasteiger partial charge in [-0.15, -0.1) is 0 Å². The topological polar surface area (TPSA) is 44.4 Å². The fourth-order valence-electron chi connectivity index (χ4n) is 4.09. The van der Waals surface area contributed by atoms with Crippen LogP contribution < -0.4 is 10.6 Å². The standard InChI is InChI=1S/C21H22ClN3O/c1-2-5-14-8-10-15(11-9-14)20-18-12-23-13-19(20)25(18)21(26)24-17-7-4-3-6-16(17)22/h2-11,18-20,23H,12-13H2,1H3,(H,24,26)/t18-,19+,20?. The zero-order valence-corrected chi connectivity index (χ0v) is 15.4. The number of nitrogens with zero attached hydrogens (tertiary/aromatic N) is 1. The van der Waals surface area contributed by atoms with Crippen LogP contribution in [0.5, 0.6) is 0 Å². The van der Waals surface area contributed by atoms with Crippen molar-refractivity contribution in [2.75, 3.05) is 18.4 Å². The fourth-order valence-corrected chi connectivity index (χ4v) is 4.27. The number of likely N-dealkylation sites (tertiary alicyclic amines) is 1. The fraction of sp³-hybridized carbons (Fsp3) is 0.286. The average Bonchev–Trinajstić information content (AvgIpc) is 2.66. The van der Waals surface area contributed by atoms with Crippen LogP contribution in [0.2, 0.25) is 5.02 Å². The van der Waals surface area contributed by atoms with E-state index < -0.39 is 0 Å². The summed E-state index contributed by atoms with van der Waals surface area (Å²) >= 11 is 6.17. The molecule has 1 unspecified atom stereocenters. The number of rotatable bonds is 3. The van der Waals surface area contributed by atoms with Gasteiger partial charge in [0.15, 0.2) is 0 Å². The van der Waals surface area contributed by atoms with Gasteiger partial charge in [0.25, 0.3) is 0 Å². The van der Waals surface area contributed by atoms with Gasteiger partial charge >= 0.3 is 6.03 Å². The number of hydrogen-bond donors (Lipinski definition) is 2. The number of piperidine rings is 1. The van der Waals surface area contributed by atoms with Gasteiger partial charge in [-0.1, -0.05) is 60.2 Å². The lowest BCUT2D eigenvalue weighted by Crippen LogP contribution is -2.74. The predicted molar refractivity (Wildman–Crippen MR) is 107 cm³/mol. The van der Waals surface area contributed by atoms with E-state index in [0.29, 0.717) is 16.6 Å². The maximum absolute atomic E-state index is 12.8. The van der Waals surface area contributed by atoms with Crippen molar-refractivity contribution < 1.29 is 4.79 Å². The molecule has 4 nitrogen and oxygen atoms in total. The van der Waals surface area contributed by atoms with Crippen LogP contribution in [0.15, 0.2) is 54.6 Å². The zero-order valence-electron chi connectivity index (χ0n) is 14.7. The van der Waals surface area contributed by atoms with Crippen molar-refractivity contribution in [1.29, 1.82) is 0 Å². The minimum atomic E-state index is -0.0728. The SMILES string of the molecule is CC=Cc1ccc(C2[C@H]3CNC[C@@H]2N3C(=O)Nc2ccccc2Cl)cc1. The van der Waals surface area contributed by atoms with Gasteiger partial charge in [0.2, 0.25) is 0 Å². The highest BCUT2D eigenvalue weighted by Crippen LogP contribution is 2.43. The van der Waals surface area contributed by atoms with Crippen LogP contribution in [0.3, 0.4) is 0 Å². The number of para-hydroxylation sites is 1. The van der Waals surface area contributed by atoms with Crippen molar-refractivity contribution >= 4 is 29.4 Å². The minimum absolute atomic E-state index is 0.0728. The third kappa shape index (κ3) is 3.00. The molecular formula is C21H22ClN3O. The van der Waals surface area contributed by atoms with Crippen molar-refractivity contribution in [2.24, 2.45) is 0 Å². The highest BCUT2D eigenvalue weighted by molar-refractivity contribution is 6.33. The smallest absolute Gasteiger partial charge is 0.315 e. The Morgan fingerprint density at radius 2 is 1.85 bits per heavy atom. The first-order chi connectivity index (χ1) is 12.7. The predicted octanol–water partition coefficient (Wildman–Crippen LogP) is 4.34. The van der Waals surface area contributed by atoms with Crippen LogP contribution >= 0.6 is 11.6 Å². The molecular weight excluding hydrogens is 346 g/mol. The van der Waals surface area contributed by atoms with Crippen molar-refractivity contribution in [2.45, 2.75) is 24.9 Å². The second kappa shape index (κ2) is 7.14. The van der Waals surface area contributed by atoms with Crippen LogP contribution in [-0.2, 0) is 0 Å². The number of allylic oxidation sites excluding steroid dienone is 1. The summed E-state index contributed by atoms with van der Waals surface area (Å²) in [5.74, 6) is 0.382. The van der Waals surface area contributed by atoms with Crippen LogP contribution in [0, 0.1) is 0 Å². The summed E-state index contributed by atoms with van der Waals surface area (Å²) in [6.45, 7) is 3.65. The quantitative estimate of drug-likeness (QED) is 0.847. The Hall–Kier alpha value is -2.30. The molecule has 2 aliphatic rings. The molecule has 0 spiro atoms.